The van der Waals surface area contributed by atoms with Crippen molar-refractivity contribution in [2.24, 2.45) is 0 Å². The van der Waals surface area contributed by atoms with Crippen LogP contribution in [-0.2, 0) is 6.42 Å². The molecule has 0 aliphatic heterocycles. The molecule has 1 aliphatic rings. The van der Waals surface area contributed by atoms with Crippen molar-refractivity contribution in [1.82, 2.24) is 0 Å². The van der Waals surface area contributed by atoms with Gasteiger partial charge in [-0.3, -0.25) is 0 Å². The summed E-state index contributed by atoms with van der Waals surface area (Å²) in [6, 6.07) is 4.31. The van der Waals surface area contributed by atoms with Crippen molar-refractivity contribution in [3.63, 3.8) is 0 Å². The van der Waals surface area contributed by atoms with Gasteiger partial charge in [-0.05, 0) is 84.4 Å². The predicted molar refractivity (Wildman–Crippen MR) is 106 cm³/mol. The first-order valence-corrected chi connectivity index (χ1v) is 10.1. The van der Waals surface area contributed by atoms with Crippen molar-refractivity contribution in [1.29, 1.82) is 0 Å². The van der Waals surface area contributed by atoms with Gasteiger partial charge >= 0.3 is 0 Å². The second-order valence-corrected chi connectivity index (χ2v) is 8.72. The molecule has 0 saturated heterocycles. The van der Waals surface area contributed by atoms with Crippen molar-refractivity contribution in [2.75, 3.05) is 0 Å². The van der Waals surface area contributed by atoms with Crippen molar-refractivity contribution in [3.05, 3.63) is 73.1 Å². The van der Waals surface area contributed by atoms with E-state index in [4.69, 9.17) is 0 Å². The Kier molecular flexibility index (Phi) is 5.12. The van der Waals surface area contributed by atoms with Crippen LogP contribution >= 0.6 is 22.7 Å². The standard InChI is InChI=1S/C21H22F2S2/c1-13-7-18(24-11-13)6-5-16-9-17(20-8-14(2)12-25-20)10-19(16)15(3)21(4,22)23/h7-8,10-12H,3,5-6,9H2,1-2,4H3. The summed E-state index contributed by atoms with van der Waals surface area (Å²) < 4.78 is 27.8. The maximum atomic E-state index is 13.9. The second kappa shape index (κ2) is 7.00. The lowest BCUT2D eigenvalue weighted by Crippen LogP contribution is -2.14. The molecule has 0 radical (unpaired) electrons. The van der Waals surface area contributed by atoms with Crippen molar-refractivity contribution in [2.45, 2.75) is 46.0 Å². The average Bonchev–Trinajstić information content (AvgIpc) is 3.23. The fourth-order valence-corrected chi connectivity index (χ4v) is 4.86. The Hall–Kier alpha value is -1.52. The SMILES string of the molecule is C=C(C1=C(CCc2cc(C)cs2)CC(c2cc(C)cs2)=C1)C(C)(F)F. The van der Waals surface area contributed by atoms with Gasteiger partial charge in [-0.1, -0.05) is 12.2 Å². The highest BCUT2D eigenvalue weighted by Gasteiger charge is 2.31. The third kappa shape index (κ3) is 4.18. The summed E-state index contributed by atoms with van der Waals surface area (Å²) in [6.45, 7) is 8.78. The monoisotopic (exact) mass is 376 g/mol. The minimum atomic E-state index is -2.89. The Morgan fingerprint density at radius 2 is 1.80 bits per heavy atom. The third-order valence-corrected chi connectivity index (χ3v) is 6.70. The summed E-state index contributed by atoms with van der Waals surface area (Å²) in [7, 11) is 0. The van der Waals surface area contributed by atoms with E-state index >= 15 is 0 Å². The lowest BCUT2D eigenvalue weighted by Gasteiger charge is -2.16. The van der Waals surface area contributed by atoms with Crippen LogP contribution in [0.15, 0.2) is 52.3 Å². The molecule has 2 aromatic heterocycles. The highest BCUT2D eigenvalue weighted by atomic mass is 32.1. The summed E-state index contributed by atoms with van der Waals surface area (Å²) in [5.74, 6) is -2.89. The molecule has 0 unspecified atom stereocenters. The number of hydrogen-bond donors (Lipinski definition) is 0. The smallest absolute Gasteiger partial charge is 0.202 e. The van der Waals surface area contributed by atoms with Crippen molar-refractivity contribution < 1.29 is 8.78 Å². The van der Waals surface area contributed by atoms with Gasteiger partial charge in [0.15, 0.2) is 0 Å². The summed E-state index contributed by atoms with van der Waals surface area (Å²) in [5.41, 5.74) is 5.28. The molecular formula is C21H22F2S2. The molecule has 2 heterocycles. The molecule has 1 aliphatic carbocycles. The van der Waals surface area contributed by atoms with Gasteiger partial charge in [0.1, 0.15) is 0 Å². The van der Waals surface area contributed by atoms with Crippen LogP contribution in [0.3, 0.4) is 0 Å². The molecule has 0 aromatic carbocycles. The molecule has 0 bridgehead atoms. The first-order valence-electron chi connectivity index (χ1n) is 8.33. The van der Waals surface area contributed by atoms with Gasteiger partial charge in [-0.15, -0.1) is 22.7 Å². The highest BCUT2D eigenvalue weighted by molar-refractivity contribution is 7.11. The Labute approximate surface area is 156 Å². The lowest BCUT2D eigenvalue weighted by molar-refractivity contribution is 0.0668. The van der Waals surface area contributed by atoms with Gasteiger partial charge in [0.25, 0.3) is 5.92 Å². The minimum absolute atomic E-state index is 0.0619. The zero-order valence-electron chi connectivity index (χ0n) is 14.8. The second-order valence-electron chi connectivity index (χ2n) is 6.81. The van der Waals surface area contributed by atoms with E-state index in [1.807, 2.05) is 6.08 Å². The van der Waals surface area contributed by atoms with Gasteiger partial charge in [0, 0.05) is 22.3 Å². The largest absolute Gasteiger partial charge is 0.270 e. The molecule has 0 atom stereocenters. The van der Waals surface area contributed by atoms with Crippen LogP contribution in [0.4, 0.5) is 8.78 Å². The van der Waals surface area contributed by atoms with Crippen LogP contribution < -0.4 is 0 Å². The molecule has 4 heteroatoms. The zero-order chi connectivity index (χ0) is 18.2. The van der Waals surface area contributed by atoms with E-state index in [9.17, 15) is 8.78 Å². The maximum Gasteiger partial charge on any atom is 0.270 e. The molecule has 0 fully saturated rings. The number of aryl methyl sites for hydroxylation is 3. The van der Waals surface area contributed by atoms with Crippen LogP contribution in [-0.4, -0.2) is 5.92 Å². The Morgan fingerprint density at radius 1 is 1.12 bits per heavy atom. The lowest BCUT2D eigenvalue weighted by atomic mass is 9.96. The van der Waals surface area contributed by atoms with Gasteiger partial charge in [0.2, 0.25) is 0 Å². The number of rotatable bonds is 6. The molecule has 0 spiro atoms. The number of halogens is 2. The summed E-state index contributed by atoms with van der Waals surface area (Å²) in [6.07, 6.45) is 4.37. The number of hydrogen-bond acceptors (Lipinski definition) is 2. The number of allylic oxidation sites excluding steroid dienone is 5. The van der Waals surface area contributed by atoms with Crippen LogP contribution in [0.2, 0.25) is 0 Å². The zero-order valence-corrected chi connectivity index (χ0v) is 16.4. The molecule has 0 nitrogen and oxygen atoms in total. The number of alkyl halides is 2. The Balaban J connectivity index is 1.85. The first-order chi connectivity index (χ1) is 11.7. The summed E-state index contributed by atoms with van der Waals surface area (Å²) in [5, 5.41) is 4.24. The molecule has 0 amide bonds. The third-order valence-electron chi connectivity index (χ3n) is 4.46. The average molecular weight is 377 g/mol. The quantitative estimate of drug-likeness (QED) is 0.494. The Morgan fingerprint density at radius 3 is 2.36 bits per heavy atom. The molecule has 3 rings (SSSR count). The first kappa shape index (κ1) is 18.3. The maximum absolute atomic E-state index is 13.9. The highest BCUT2D eigenvalue weighted by Crippen LogP contribution is 2.42. The topological polar surface area (TPSA) is 0 Å². The van der Waals surface area contributed by atoms with Gasteiger partial charge in [-0.25, -0.2) is 8.78 Å². The molecule has 2 aromatic rings. The predicted octanol–water partition coefficient (Wildman–Crippen LogP) is 7.35. The molecule has 0 saturated carbocycles. The van der Waals surface area contributed by atoms with Gasteiger partial charge in [0.05, 0.1) is 0 Å². The number of thiophene rings is 2. The van der Waals surface area contributed by atoms with Gasteiger partial charge in [-0.2, -0.15) is 0 Å². The molecule has 132 valence electrons. The van der Waals surface area contributed by atoms with E-state index in [0.29, 0.717) is 5.57 Å². The van der Waals surface area contributed by atoms with E-state index in [1.165, 1.54) is 20.9 Å². The van der Waals surface area contributed by atoms with Crippen LogP contribution in [0.5, 0.6) is 0 Å². The van der Waals surface area contributed by atoms with Crippen molar-refractivity contribution >= 4 is 28.2 Å². The normalized spacial score (nSPS) is 15.0. The summed E-state index contributed by atoms with van der Waals surface area (Å²) in [4.78, 5) is 2.47. The van der Waals surface area contributed by atoms with E-state index in [1.54, 1.807) is 22.7 Å². The van der Waals surface area contributed by atoms with Crippen LogP contribution in [0.25, 0.3) is 5.57 Å². The fraction of sp³-hybridized carbons (Fsp3) is 0.333. The summed E-state index contributed by atoms with van der Waals surface area (Å²) >= 11 is 3.42. The molecule has 25 heavy (non-hydrogen) atoms. The van der Waals surface area contributed by atoms with E-state index in [2.05, 4.69) is 43.3 Å². The van der Waals surface area contributed by atoms with Gasteiger partial charge < -0.3 is 0 Å². The molecule has 0 N–H and O–H groups in total. The van der Waals surface area contributed by atoms with Crippen molar-refractivity contribution in [3.8, 4) is 0 Å². The minimum Gasteiger partial charge on any atom is -0.202 e. The fourth-order valence-electron chi connectivity index (χ4n) is 3.07. The van der Waals surface area contributed by atoms with E-state index in [-0.39, 0.29) is 5.57 Å². The van der Waals surface area contributed by atoms with E-state index < -0.39 is 5.92 Å². The van der Waals surface area contributed by atoms with Crippen LogP contribution in [0.1, 0.15) is 40.6 Å². The molecular weight excluding hydrogens is 354 g/mol. The van der Waals surface area contributed by atoms with Crippen LogP contribution in [0, 0.1) is 13.8 Å². The Bertz CT molecular complexity index is 857. The van der Waals surface area contributed by atoms with E-state index in [0.717, 1.165) is 37.3 Å².